The van der Waals surface area contributed by atoms with Gasteiger partial charge in [-0.15, -0.1) is 0 Å². The number of aromatic nitrogens is 4. The number of alkyl halides is 3. The summed E-state index contributed by atoms with van der Waals surface area (Å²) in [6.07, 6.45) is -0.223. The Morgan fingerprint density at radius 3 is 2.33 bits per heavy atom. The largest absolute Gasteiger partial charge is 0.416 e. The van der Waals surface area contributed by atoms with E-state index in [0.717, 1.165) is 17.8 Å². The lowest BCUT2D eigenvalue weighted by Crippen LogP contribution is -2.18. The molecule has 4 rings (SSSR count). The third-order valence-corrected chi connectivity index (χ3v) is 4.33. The van der Waals surface area contributed by atoms with Crippen LogP contribution in [-0.2, 0) is 6.18 Å². The Morgan fingerprint density at radius 1 is 1.00 bits per heavy atom. The van der Waals surface area contributed by atoms with Crippen LogP contribution in [0.2, 0.25) is 0 Å². The summed E-state index contributed by atoms with van der Waals surface area (Å²) in [6.45, 7) is 0. The minimum absolute atomic E-state index is 0.0319. The van der Waals surface area contributed by atoms with Gasteiger partial charge in [-0.25, -0.2) is 14.6 Å². The molecule has 0 spiro atoms. The molecule has 148 valence electrons. The number of fused-ring (bicyclic) bond motifs is 1. The molecule has 1 N–H and O–H groups in total. The van der Waals surface area contributed by atoms with Crippen molar-refractivity contribution < 1.29 is 13.2 Å². The van der Waals surface area contributed by atoms with Crippen molar-refractivity contribution in [2.24, 2.45) is 5.10 Å². The first-order valence-electron chi connectivity index (χ1n) is 8.58. The smallest absolute Gasteiger partial charge is 0.283 e. The normalized spacial score (nSPS) is 11.8. The molecule has 0 fully saturated rings. The van der Waals surface area contributed by atoms with Crippen molar-refractivity contribution >= 4 is 17.4 Å². The average molecular weight is 407 g/mol. The molecule has 0 radical (unpaired) electrons. The van der Waals surface area contributed by atoms with E-state index in [1.807, 2.05) is 6.07 Å². The first kappa shape index (κ1) is 19.1. The van der Waals surface area contributed by atoms with E-state index in [0.29, 0.717) is 22.3 Å². The summed E-state index contributed by atoms with van der Waals surface area (Å²) in [5, 5.41) is 21.3. The number of nitriles is 1. The maximum atomic E-state index is 12.6. The molecule has 0 aliphatic heterocycles. The van der Waals surface area contributed by atoms with Gasteiger partial charge in [0.05, 0.1) is 23.4 Å². The van der Waals surface area contributed by atoms with Crippen LogP contribution >= 0.6 is 0 Å². The van der Waals surface area contributed by atoms with Gasteiger partial charge in [0.2, 0.25) is 0 Å². The van der Waals surface area contributed by atoms with Crippen molar-refractivity contribution in [1.29, 1.82) is 10.7 Å². The first-order valence-corrected chi connectivity index (χ1v) is 8.58. The molecule has 2 aromatic heterocycles. The van der Waals surface area contributed by atoms with E-state index >= 15 is 0 Å². The third-order valence-electron chi connectivity index (χ3n) is 4.33. The van der Waals surface area contributed by atoms with Crippen molar-refractivity contribution in [2.75, 3.05) is 0 Å². The van der Waals surface area contributed by atoms with Crippen LogP contribution in [0.3, 0.4) is 0 Å². The molecule has 7 nitrogen and oxygen atoms in total. The second-order valence-corrected chi connectivity index (χ2v) is 6.25. The highest BCUT2D eigenvalue weighted by Crippen LogP contribution is 2.28. The number of imidazole rings is 1. The van der Waals surface area contributed by atoms with Gasteiger partial charge in [-0.3, -0.25) is 9.98 Å². The number of hydrogen-bond donors (Lipinski definition) is 1. The van der Waals surface area contributed by atoms with E-state index in [4.69, 9.17) is 10.7 Å². The topological polar surface area (TPSA) is 95.6 Å². The lowest BCUT2D eigenvalue weighted by molar-refractivity contribution is -0.137. The molecule has 0 unspecified atom stereocenters. The van der Waals surface area contributed by atoms with Gasteiger partial charge in [-0.2, -0.15) is 23.5 Å². The molecular formula is C20H12F3N7. The number of nitrogens with one attached hydrogen (secondary N) is 1. The Hall–Kier alpha value is -4.26. The van der Waals surface area contributed by atoms with Gasteiger partial charge >= 0.3 is 6.18 Å². The predicted molar refractivity (Wildman–Crippen MR) is 102 cm³/mol. The zero-order valence-electron chi connectivity index (χ0n) is 15.2. The van der Waals surface area contributed by atoms with E-state index in [1.54, 1.807) is 28.8 Å². The van der Waals surface area contributed by atoms with Crippen molar-refractivity contribution in [3.8, 4) is 11.8 Å². The molecule has 0 atom stereocenters. The van der Waals surface area contributed by atoms with E-state index < -0.39 is 11.7 Å². The summed E-state index contributed by atoms with van der Waals surface area (Å²) in [7, 11) is 0. The minimum atomic E-state index is -4.40. The van der Waals surface area contributed by atoms with Crippen LogP contribution < -0.4 is 5.49 Å². The molecule has 2 aromatic carbocycles. The zero-order valence-corrected chi connectivity index (χ0v) is 15.2. The Bertz CT molecular complexity index is 1340. The molecule has 0 saturated heterocycles. The van der Waals surface area contributed by atoms with E-state index in [1.165, 1.54) is 35.7 Å². The standard InChI is InChI=1S/C20H12F3N7/c21-20(22,23)15-5-1-14(2-6-15)10-28-30-12-27-19-17(18(30)25)26-11-29(19)16-7-3-13(9-24)4-8-16/h1-8,10-12,25H. The van der Waals surface area contributed by atoms with Gasteiger partial charge in [-0.1, -0.05) is 12.1 Å². The quantitative estimate of drug-likeness (QED) is 0.527. The number of halogens is 3. The molecule has 0 bridgehead atoms. The van der Waals surface area contributed by atoms with Crippen molar-refractivity contribution in [3.63, 3.8) is 0 Å². The van der Waals surface area contributed by atoms with E-state index in [2.05, 4.69) is 15.1 Å². The fourth-order valence-electron chi connectivity index (χ4n) is 2.77. The molecule has 0 saturated carbocycles. The van der Waals surface area contributed by atoms with Gasteiger partial charge in [0.1, 0.15) is 12.7 Å². The molecule has 10 heteroatoms. The van der Waals surface area contributed by atoms with Crippen LogP contribution in [0.5, 0.6) is 0 Å². The van der Waals surface area contributed by atoms with Gasteiger partial charge in [-0.05, 0) is 42.0 Å². The van der Waals surface area contributed by atoms with Crippen LogP contribution in [0.1, 0.15) is 16.7 Å². The Balaban J connectivity index is 1.65. The van der Waals surface area contributed by atoms with E-state index in [-0.39, 0.29) is 5.49 Å². The van der Waals surface area contributed by atoms with Crippen molar-refractivity contribution in [3.05, 3.63) is 83.4 Å². The highest BCUT2D eigenvalue weighted by molar-refractivity contribution is 5.79. The number of hydrogen-bond acceptors (Lipinski definition) is 5. The van der Waals surface area contributed by atoms with Crippen LogP contribution in [0, 0.1) is 16.7 Å². The fraction of sp³-hybridized carbons (Fsp3) is 0.0500. The Morgan fingerprint density at radius 2 is 1.70 bits per heavy atom. The lowest BCUT2D eigenvalue weighted by atomic mass is 10.1. The van der Waals surface area contributed by atoms with E-state index in [9.17, 15) is 13.2 Å². The maximum absolute atomic E-state index is 12.6. The summed E-state index contributed by atoms with van der Waals surface area (Å²) < 4.78 is 40.8. The van der Waals surface area contributed by atoms with Crippen molar-refractivity contribution in [1.82, 2.24) is 19.2 Å². The summed E-state index contributed by atoms with van der Waals surface area (Å²) in [5.74, 6) is 0. The van der Waals surface area contributed by atoms with Gasteiger partial charge in [0, 0.05) is 5.69 Å². The highest BCUT2D eigenvalue weighted by Gasteiger charge is 2.29. The molecule has 4 aromatic rings. The van der Waals surface area contributed by atoms with Gasteiger partial charge < -0.3 is 0 Å². The highest BCUT2D eigenvalue weighted by atomic mass is 19.4. The molecule has 2 heterocycles. The average Bonchev–Trinajstić information content (AvgIpc) is 3.18. The number of benzene rings is 2. The van der Waals surface area contributed by atoms with Crippen LogP contribution in [-0.4, -0.2) is 25.4 Å². The molecule has 0 aliphatic carbocycles. The van der Waals surface area contributed by atoms with Crippen LogP contribution in [0.25, 0.3) is 16.9 Å². The fourth-order valence-corrected chi connectivity index (χ4v) is 2.77. The molecule has 30 heavy (non-hydrogen) atoms. The van der Waals surface area contributed by atoms with Gasteiger partial charge in [0.15, 0.2) is 16.7 Å². The first-order chi connectivity index (χ1) is 14.4. The monoisotopic (exact) mass is 407 g/mol. The maximum Gasteiger partial charge on any atom is 0.416 e. The summed E-state index contributed by atoms with van der Waals surface area (Å²) in [4.78, 5) is 8.52. The minimum Gasteiger partial charge on any atom is -0.283 e. The second-order valence-electron chi connectivity index (χ2n) is 6.25. The molecular weight excluding hydrogens is 395 g/mol. The lowest BCUT2D eigenvalue weighted by Gasteiger charge is -2.06. The van der Waals surface area contributed by atoms with Crippen molar-refractivity contribution in [2.45, 2.75) is 6.18 Å². The second kappa shape index (κ2) is 7.29. The van der Waals surface area contributed by atoms with Crippen LogP contribution in [0.4, 0.5) is 13.2 Å². The number of rotatable bonds is 3. The predicted octanol–water partition coefficient (Wildman–Crippen LogP) is 3.47. The summed E-state index contributed by atoms with van der Waals surface area (Å²) in [5.41, 5.74) is 1.65. The third kappa shape index (κ3) is 3.56. The zero-order chi connectivity index (χ0) is 21.3. The Labute approximate surface area is 167 Å². The Kier molecular flexibility index (Phi) is 4.63. The SMILES string of the molecule is N#Cc1ccc(-n2cnc3c(=N)n(N=Cc4ccc(C(F)(F)F)cc4)cnc32)cc1. The van der Waals surface area contributed by atoms with Crippen LogP contribution in [0.15, 0.2) is 66.3 Å². The number of nitrogens with zero attached hydrogens (tertiary/aromatic N) is 6. The van der Waals surface area contributed by atoms with Gasteiger partial charge in [0.25, 0.3) is 0 Å². The summed E-state index contributed by atoms with van der Waals surface area (Å²) in [6, 6.07) is 13.4. The molecule has 0 aliphatic rings. The molecule has 0 amide bonds. The summed E-state index contributed by atoms with van der Waals surface area (Å²) >= 11 is 0.